The molecule has 1 unspecified atom stereocenters. The van der Waals surface area contributed by atoms with Crippen molar-refractivity contribution in [2.24, 2.45) is 5.92 Å². The van der Waals surface area contributed by atoms with Gasteiger partial charge in [-0.15, -0.1) is 0 Å². The summed E-state index contributed by atoms with van der Waals surface area (Å²) in [6.45, 7) is 5.97. The molecule has 0 aliphatic rings. The number of carboxylic acids is 1. The summed E-state index contributed by atoms with van der Waals surface area (Å²) in [5.41, 5.74) is 2.16. The Hall–Kier alpha value is -2.04. The number of urea groups is 1. The number of aliphatic carboxylic acids is 1. The topological polar surface area (TPSA) is 69.6 Å². The Morgan fingerprint density at radius 1 is 1.25 bits per heavy atom. The Balaban J connectivity index is 2.62. The van der Waals surface area contributed by atoms with Crippen molar-refractivity contribution in [1.29, 1.82) is 0 Å². The lowest BCUT2D eigenvalue weighted by Gasteiger charge is -2.23. The first-order valence-corrected chi connectivity index (χ1v) is 6.61. The molecule has 2 amide bonds. The predicted octanol–water partition coefficient (Wildman–Crippen LogP) is 2.25. The van der Waals surface area contributed by atoms with Crippen molar-refractivity contribution in [2.75, 3.05) is 7.05 Å². The lowest BCUT2D eigenvalue weighted by Crippen LogP contribution is -2.48. The van der Waals surface area contributed by atoms with Crippen LogP contribution in [0, 0.1) is 12.8 Å². The second-order valence-corrected chi connectivity index (χ2v) is 5.35. The molecule has 2 N–H and O–H groups in total. The van der Waals surface area contributed by atoms with Gasteiger partial charge in [0.15, 0.2) is 0 Å². The molecule has 0 fully saturated rings. The highest BCUT2D eigenvalue weighted by atomic mass is 16.4. The van der Waals surface area contributed by atoms with Gasteiger partial charge in [-0.05, 0) is 18.4 Å². The highest BCUT2D eigenvalue weighted by Gasteiger charge is 2.24. The Labute approximate surface area is 119 Å². The molecule has 5 heteroatoms. The van der Waals surface area contributed by atoms with E-state index in [-0.39, 0.29) is 11.9 Å². The quantitative estimate of drug-likeness (QED) is 0.868. The molecule has 0 bridgehead atoms. The molecule has 20 heavy (non-hydrogen) atoms. The van der Waals surface area contributed by atoms with Crippen LogP contribution >= 0.6 is 0 Å². The van der Waals surface area contributed by atoms with Crippen molar-refractivity contribution in [2.45, 2.75) is 33.4 Å². The number of carbonyl (C=O) groups excluding carboxylic acids is 1. The maximum atomic E-state index is 12.0. The van der Waals surface area contributed by atoms with Gasteiger partial charge >= 0.3 is 12.0 Å². The van der Waals surface area contributed by atoms with E-state index < -0.39 is 12.0 Å². The summed E-state index contributed by atoms with van der Waals surface area (Å²) in [5, 5.41) is 11.6. The van der Waals surface area contributed by atoms with E-state index in [2.05, 4.69) is 5.32 Å². The second kappa shape index (κ2) is 6.93. The summed E-state index contributed by atoms with van der Waals surface area (Å²) in [4.78, 5) is 24.5. The summed E-state index contributed by atoms with van der Waals surface area (Å²) >= 11 is 0. The van der Waals surface area contributed by atoms with Crippen molar-refractivity contribution < 1.29 is 14.7 Å². The van der Waals surface area contributed by atoms with E-state index in [9.17, 15) is 9.59 Å². The van der Waals surface area contributed by atoms with Crippen LogP contribution in [-0.4, -0.2) is 35.1 Å². The molecule has 5 nitrogen and oxygen atoms in total. The molecule has 110 valence electrons. The third-order valence-electron chi connectivity index (χ3n) is 3.10. The van der Waals surface area contributed by atoms with Gasteiger partial charge in [-0.3, -0.25) is 0 Å². The minimum absolute atomic E-state index is 0.163. The molecule has 0 saturated carbocycles. The summed E-state index contributed by atoms with van der Waals surface area (Å²) in [6, 6.07) is 6.62. The summed E-state index contributed by atoms with van der Waals surface area (Å²) < 4.78 is 0. The van der Waals surface area contributed by atoms with Gasteiger partial charge in [0.05, 0.1) is 0 Å². The summed E-state index contributed by atoms with van der Waals surface area (Å²) in [7, 11) is 1.65. The number of nitrogens with zero attached hydrogens (tertiary/aromatic N) is 1. The van der Waals surface area contributed by atoms with Crippen LogP contribution in [0.2, 0.25) is 0 Å². The van der Waals surface area contributed by atoms with Crippen LogP contribution in [-0.2, 0) is 11.3 Å². The van der Waals surface area contributed by atoms with Crippen LogP contribution in [0.15, 0.2) is 24.3 Å². The van der Waals surface area contributed by atoms with Gasteiger partial charge in [-0.1, -0.05) is 43.7 Å². The van der Waals surface area contributed by atoms with Crippen LogP contribution in [0.4, 0.5) is 4.79 Å². The van der Waals surface area contributed by atoms with Crippen LogP contribution in [0.5, 0.6) is 0 Å². The van der Waals surface area contributed by atoms with E-state index in [1.165, 1.54) is 4.90 Å². The summed E-state index contributed by atoms with van der Waals surface area (Å²) in [5.74, 6) is -1.18. The smallest absolute Gasteiger partial charge is 0.326 e. The molecular formula is C15H22N2O3. The molecule has 0 aromatic heterocycles. The standard InChI is InChI=1S/C15H22N2O3/c1-10(2)13(14(18)19)16-15(20)17(4)9-12-7-5-11(3)6-8-12/h5-8,10,13H,9H2,1-4H3,(H,16,20)(H,18,19). The lowest BCUT2D eigenvalue weighted by molar-refractivity contribution is -0.140. The van der Waals surface area contributed by atoms with Gasteiger partial charge in [0.2, 0.25) is 0 Å². The van der Waals surface area contributed by atoms with E-state index in [0.717, 1.165) is 11.1 Å². The average molecular weight is 278 g/mol. The van der Waals surface area contributed by atoms with Crippen molar-refractivity contribution in [3.8, 4) is 0 Å². The van der Waals surface area contributed by atoms with Crippen LogP contribution < -0.4 is 5.32 Å². The molecule has 0 aliphatic heterocycles. The molecule has 0 aliphatic carbocycles. The number of hydrogen-bond acceptors (Lipinski definition) is 2. The van der Waals surface area contributed by atoms with Crippen LogP contribution in [0.1, 0.15) is 25.0 Å². The van der Waals surface area contributed by atoms with Crippen LogP contribution in [0.3, 0.4) is 0 Å². The number of hydrogen-bond donors (Lipinski definition) is 2. The molecular weight excluding hydrogens is 256 g/mol. The maximum Gasteiger partial charge on any atom is 0.326 e. The first-order chi connectivity index (χ1) is 9.31. The molecule has 1 atom stereocenters. The normalized spacial score (nSPS) is 12.1. The number of amides is 2. The highest BCUT2D eigenvalue weighted by Crippen LogP contribution is 2.07. The fourth-order valence-electron chi connectivity index (χ4n) is 1.80. The third-order valence-corrected chi connectivity index (χ3v) is 3.10. The number of benzene rings is 1. The van der Waals surface area contributed by atoms with Crippen molar-refractivity contribution in [1.82, 2.24) is 10.2 Å². The van der Waals surface area contributed by atoms with E-state index in [1.807, 2.05) is 31.2 Å². The van der Waals surface area contributed by atoms with Crippen molar-refractivity contribution in [3.05, 3.63) is 35.4 Å². The number of nitrogens with one attached hydrogen (secondary N) is 1. The Kier molecular flexibility index (Phi) is 5.55. The van der Waals surface area contributed by atoms with Gasteiger partial charge in [-0.25, -0.2) is 9.59 Å². The maximum absolute atomic E-state index is 12.0. The average Bonchev–Trinajstić information content (AvgIpc) is 2.37. The number of rotatable bonds is 5. The predicted molar refractivity (Wildman–Crippen MR) is 77.4 cm³/mol. The third kappa shape index (κ3) is 4.57. The van der Waals surface area contributed by atoms with E-state index in [1.54, 1.807) is 20.9 Å². The number of aryl methyl sites for hydroxylation is 1. The Morgan fingerprint density at radius 3 is 2.25 bits per heavy atom. The minimum atomic E-state index is -1.02. The zero-order valence-corrected chi connectivity index (χ0v) is 12.4. The largest absolute Gasteiger partial charge is 0.480 e. The van der Waals surface area contributed by atoms with Crippen molar-refractivity contribution >= 4 is 12.0 Å². The van der Waals surface area contributed by atoms with Crippen LogP contribution in [0.25, 0.3) is 0 Å². The fraction of sp³-hybridized carbons (Fsp3) is 0.467. The van der Waals surface area contributed by atoms with Gasteiger partial charge in [0, 0.05) is 13.6 Å². The monoisotopic (exact) mass is 278 g/mol. The van der Waals surface area contributed by atoms with Gasteiger partial charge in [0.25, 0.3) is 0 Å². The Bertz CT molecular complexity index is 469. The SMILES string of the molecule is Cc1ccc(CN(C)C(=O)NC(C(=O)O)C(C)C)cc1. The summed E-state index contributed by atoms with van der Waals surface area (Å²) in [6.07, 6.45) is 0. The van der Waals surface area contributed by atoms with Gasteiger partial charge in [0.1, 0.15) is 6.04 Å². The molecule has 0 heterocycles. The zero-order valence-electron chi connectivity index (χ0n) is 12.4. The lowest BCUT2D eigenvalue weighted by atomic mass is 10.1. The first kappa shape index (κ1) is 16.0. The Morgan fingerprint density at radius 2 is 1.80 bits per heavy atom. The zero-order chi connectivity index (χ0) is 15.3. The molecule has 0 spiro atoms. The van der Waals surface area contributed by atoms with Gasteiger partial charge < -0.3 is 15.3 Å². The van der Waals surface area contributed by atoms with E-state index in [4.69, 9.17) is 5.11 Å². The number of carbonyl (C=O) groups is 2. The minimum Gasteiger partial charge on any atom is -0.480 e. The molecule has 0 radical (unpaired) electrons. The van der Waals surface area contributed by atoms with E-state index >= 15 is 0 Å². The fourth-order valence-corrected chi connectivity index (χ4v) is 1.80. The molecule has 1 rings (SSSR count). The van der Waals surface area contributed by atoms with E-state index in [0.29, 0.717) is 6.54 Å². The highest BCUT2D eigenvalue weighted by molar-refractivity contribution is 5.82. The second-order valence-electron chi connectivity index (χ2n) is 5.35. The number of carboxylic acid groups (broad SMARTS) is 1. The molecule has 1 aromatic rings. The first-order valence-electron chi connectivity index (χ1n) is 6.61. The van der Waals surface area contributed by atoms with Gasteiger partial charge in [-0.2, -0.15) is 0 Å². The molecule has 0 saturated heterocycles. The van der Waals surface area contributed by atoms with Crippen molar-refractivity contribution in [3.63, 3.8) is 0 Å². The molecule has 1 aromatic carbocycles.